The SMILES string of the molecule is CCOC(=O)Cc1csc(-c2cnn(C)c2C)n1. The standard InChI is InChI=1S/C12H15N3O2S/c1-4-17-11(16)5-9-7-18-12(14-9)10-6-13-15(3)8(10)2/h6-7H,4-5H2,1-3H3. The molecule has 0 spiro atoms. The minimum Gasteiger partial charge on any atom is -0.466 e. The second-order valence-corrected chi connectivity index (χ2v) is 4.75. The van der Waals surface area contributed by atoms with Gasteiger partial charge in [-0.15, -0.1) is 11.3 Å². The summed E-state index contributed by atoms with van der Waals surface area (Å²) in [6, 6.07) is 0. The van der Waals surface area contributed by atoms with Gasteiger partial charge >= 0.3 is 5.97 Å². The van der Waals surface area contributed by atoms with Gasteiger partial charge in [0.05, 0.1) is 30.5 Å². The lowest BCUT2D eigenvalue weighted by atomic mass is 10.3. The van der Waals surface area contributed by atoms with Crippen molar-refractivity contribution in [1.29, 1.82) is 0 Å². The number of rotatable bonds is 4. The molecule has 0 N–H and O–H groups in total. The molecule has 0 fully saturated rings. The van der Waals surface area contributed by atoms with Crippen LogP contribution in [-0.2, 0) is 23.0 Å². The van der Waals surface area contributed by atoms with Gasteiger partial charge in [-0.05, 0) is 13.8 Å². The van der Waals surface area contributed by atoms with Gasteiger partial charge in [-0.1, -0.05) is 0 Å². The first kappa shape index (κ1) is 12.8. The molecular formula is C12H15N3O2S. The summed E-state index contributed by atoms with van der Waals surface area (Å²) in [6.07, 6.45) is 2.02. The van der Waals surface area contributed by atoms with E-state index in [0.29, 0.717) is 6.61 Å². The van der Waals surface area contributed by atoms with Crippen molar-refractivity contribution >= 4 is 17.3 Å². The molecule has 2 rings (SSSR count). The van der Waals surface area contributed by atoms with E-state index in [-0.39, 0.29) is 12.4 Å². The van der Waals surface area contributed by atoms with Gasteiger partial charge < -0.3 is 4.74 Å². The lowest BCUT2D eigenvalue weighted by molar-refractivity contribution is -0.142. The van der Waals surface area contributed by atoms with Gasteiger partial charge in [-0.2, -0.15) is 5.10 Å². The number of carbonyl (C=O) groups excluding carboxylic acids is 1. The number of carbonyl (C=O) groups is 1. The first-order valence-electron chi connectivity index (χ1n) is 5.70. The molecule has 0 unspecified atom stereocenters. The zero-order valence-electron chi connectivity index (χ0n) is 10.6. The van der Waals surface area contributed by atoms with E-state index < -0.39 is 0 Å². The number of aromatic nitrogens is 3. The van der Waals surface area contributed by atoms with Crippen molar-refractivity contribution in [2.75, 3.05) is 6.61 Å². The maximum atomic E-state index is 11.4. The highest BCUT2D eigenvalue weighted by Gasteiger charge is 2.13. The molecule has 2 aromatic heterocycles. The Morgan fingerprint density at radius 1 is 1.56 bits per heavy atom. The van der Waals surface area contributed by atoms with Crippen molar-refractivity contribution in [2.24, 2.45) is 7.05 Å². The summed E-state index contributed by atoms with van der Waals surface area (Å²) in [4.78, 5) is 15.8. The Balaban J connectivity index is 2.15. The second-order valence-electron chi connectivity index (χ2n) is 3.89. The van der Waals surface area contributed by atoms with Gasteiger partial charge in [0.15, 0.2) is 0 Å². The Bertz CT molecular complexity index is 559. The summed E-state index contributed by atoms with van der Waals surface area (Å²) in [6.45, 7) is 4.19. The Kier molecular flexibility index (Phi) is 3.76. The molecule has 0 saturated carbocycles. The molecule has 2 heterocycles. The van der Waals surface area contributed by atoms with Crippen LogP contribution in [-0.4, -0.2) is 27.3 Å². The molecule has 0 aliphatic carbocycles. The number of esters is 1. The highest BCUT2D eigenvalue weighted by Crippen LogP contribution is 2.26. The maximum Gasteiger partial charge on any atom is 0.311 e. The zero-order chi connectivity index (χ0) is 13.1. The largest absolute Gasteiger partial charge is 0.466 e. The van der Waals surface area contributed by atoms with Gasteiger partial charge in [0, 0.05) is 18.1 Å². The maximum absolute atomic E-state index is 11.4. The first-order chi connectivity index (χ1) is 8.61. The topological polar surface area (TPSA) is 57.0 Å². The van der Waals surface area contributed by atoms with E-state index in [1.54, 1.807) is 13.1 Å². The van der Waals surface area contributed by atoms with Crippen molar-refractivity contribution in [1.82, 2.24) is 14.8 Å². The van der Waals surface area contributed by atoms with E-state index >= 15 is 0 Å². The molecule has 0 aliphatic rings. The van der Waals surface area contributed by atoms with E-state index in [0.717, 1.165) is 22.0 Å². The summed E-state index contributed by atoms with van der Waals surface area (Å²) in [7, 11) is 1.89. The van der Waals surface area contributed by atoms with Gasteiger partial charge in [0.2, 0.25) is 0 Å². The molecule has 96 valence electrons. The fraction of sp³-hybridized carbons (Fsp3) is 0.417. The lowest BCUT2D eigenvalue weighted by Crippen LogP contribution is -2.07. The first-order valence-corrected chi connectivity index (χ1v) is 6.58. The molecule has 0 aliphatic heterocycles. The van der Waals surface area contributed by atoms with Gasteiger partial charge in [-0.25, -0.2) is 4.98 Å². The number of ether oxygens (including phenoxy) is 1. The van der Waals surface area contributed by atoms with E-state index in [1.807, 2.05) is 24.0 Å². The number of nitrogens with zero attached hydrogens (tertiary/aromatic N) is 3. The molecule has 0 saturated heterocycles. The lowest BCUT2D eigenvalue weighted by Gasteiger charge is -1.98. The Morgan fingerprint density at radius 2 is 2.33 bits per heavy atom. The molecule has 0 atom stereocenters. The van der Waals surface area contributed by atoms with Crippen LogP contribution < -0.4 is 0 Å². The molecule has 2 aromatic rings. The van der Waals surface area contributed by atoms with E-state index in [9.17, 15) is 4.79 Å². The van der Waals surface area contributed by atoms with Crippen LogP contribution >= 0.6 is 11.3 Å². The predicted octanol–water partition coefficient (Wildman–Crippen LogP) is 1.96. The third-order valence-corrected chi connectivity index (χ3v) is 3.57. The Labute approximate surface area is 109 Å². The molecule has 0 radical (unpaired) electrons. The molecule has 0 bridgehead atoms. The number of hydrogen-bond acceptors (Lipinski definition) is 5. The van der Waals surface area contributed by atoms with Crippen molar-refractivity contribution in [3.05, 3.63) is 23.0 Å². The van der Waals surface area contributed by atoms with Crippen LogP contribution in [0, 0.1) is 6.92 Å². The Morgan fingerprint density at radius 3 is 2.94 bits per heavy atom. The summed E-state index contributed by atoms with van der Waals surface area (Å²) in [5.41, 5.74) is 2.82. The molecule has 5 nitrogen and oxygen atoms in total. The number of thiazole rings is 1. The molecule has 0 amide bonds. The van der Waals surface area contributed by atoms with Crippen LogP contribution in [0.2, 0.25) is 0 Å². The summed E-state index contributed by atoms with van der Waals surface area (Å²) < 4.78 is 6.71. The summed E-state index contributed by atoms with van der Waals surface area (Å²) in [5, 5.41) is 6.96. The summed E-state index contributed by atoms with van der Waals surface area (Å²) in [5.74, 6) is -0.239. The minimum atomic E-state index is -0.239. The van der Waals surface area contributed by atoms with E-state index in [1.165, 1.54) is 11.3 Å². The predicted molar refractivity (Wildman–Crippen MR) is 69.4 cm³/mol. The average Bonchev–Trinajstić information content (AvgIpc) is 2.88. The zero-order valence-corrected chi connectivity index (χ0v) is 11.5. The van der Waals surface area contributed by atoms with E-state index in [2.05, 4.69) is 10.1 Å². The van der Waals surface area contributed by atoms with Crippen molar-refractivity contribution in [2.45, 2.75) is 20.3 Å². The molecule has 18 heavy (non-hydrogen) atoms. The van der Waals surface area contributed by atoms with Crippen LogP contribution in [0.25, 0.3) is 10.6 Å². The number of hydrogen-bond donors (Lipinski definition) is 0. The normalized spacial score (nSPS) is 10.6. The van der Waals surface area contributed by atoms with Crippen molar-refractivity contribution in [3.63, 3.8) is 0 Å². The van der Waals surface area contributed by atoms with Crippen LogP contribution in [0.5, 0.6) is 0 Å². The Hall–Kier alpha value is -1.69. The molecule has 0 aromatic carbocycles. The highest BCUT2D eigenvalue weighted by atomic mass is 32.1. The van der Waals surface area contributed by atoms with Crippen LogP contribution in [0.1, 0.15) is 18.3 Å². The van der Waals surface area contributed by atoms with Crippen molar-refractivity contribution in [3.8, 4) is 10.6 Å². The molecular weight excluding hydrogens is 250 g/mol. The highest BCUT2D eigenvalue weighted by molar-refractivity contribution is 7.13. The van der Waals surface area contributed by atoms with Crippen molar-refractivity contribution < 1.29 is 9.53 Å². The van der Waals surface area contributed by atoms with Crippen LogP contribution in [0.3, 0.4) is 0 Å². The van der Waals surface area contributed by atoms with Gasteiger partial charge in [0.25, 0.3) is 0 Å². The smallest absolute Gasteiger partial charge is 0.311 e. The minimum absolute atomic E-state index is 0.226. The van der Waals surface area contributed by atoms with Gasteiger partial charge in [-0.3, -0.25) is 9.48 Å². The third-order valence-electron chi connectivity index (χ3n) is 2.65. The average molecular weight is 265 g/mol. The molecule has 6 heteroatoms. The fourth-order valence-electron chi connectivity index (χ4n) is 1.58. The number of aryl methyl sites for hydroxylation is 1. The van der Waals surface area contributed by atoms with Crippen LogP contribution in [0.4, 0.5) is 0 Å². The van der Waals surface area contributed by atoms with Crippen LogP contribution in [0.15, 0.2) is 11.6 Å². The monoisotopic (exact) mass is 265 g/mol. The quantitative estimate of drug-likeness (QED) is 0.793. The third kappa shape index (κ3) is 2.59. The second kappa shape index (κ2) is 5.30. The fourth-order valence-corrected chi connectivity index (χ4v) is 2.46. The summed E-state index contributed by atoms with van der Waals surface area (Å²) >= 11 is 1.52. The van der Waals surface area contributed by atoms with Gasteiger partial charge in [0.1, 0.15) is 5.01 Å². The van der Waals surface area contributed by atoms with E-state index in [4.69, 9.17) is 4.74 Å².